The van der Waals surface area contributed by atoms with Crippen LogP contribution in [0.4, 0.5) is 0 Å². The van der Waals surface area contributed by atoms with Crippen LogP contribution in [0.25, 0.3) is 0 Å². The third-order valence-electron chi connectivity index (χ3n) is 6.24. The molecule has 0 aliphatic carbocycles. The Morgan fingerprint density at radius 1 is 1.18 bits per heavy atom. The molecule has 2 unspecified atom stereocenters. The van der Waals surface area contributed by atoms with E-state index in [0.717, 1.165) is 0 Å². The zero-order valence-corrected chi connectivity index (χ0v) is 23.7. The molecule has 0 radical (unpaired) electrons. The highest BCUT2D eigenvalue weighted by molar-refractivity contribution is 7.51. The van der Waals surface area contributed by atoms with Crippen LogP contribution in [0, 0.1) is 5.41 Å². The highest BCUT2D eigenvalue weighted by Crippen LogP contribution is 2.57. The van der Waals surface area contributed by atoms with Crippen molar-refractivity contribution in [3.05, 3.63) is 24.3 Å². The zero-order chi connectivity index (χ0) is 29.0. The van der Waals surface area contributed by atoms with Crippen molar-refractivity contribution in [2.45, 2.75) is 77.2 Å². The van der Waals surface area contributed by atoms with Crippen LogP contribution in [0.15, 0.2) is 24.3 Å². The second-order valence-corrected chi connectivity index (χ2v) is 12.6. The lowest BCUT2D eigenvalue weighted by Gasteiger charge is -2.43. The molecule has 14 heteroatoms. The van der Waals surface area contributed by atoms with Gasteiger partial charge in [0.15, 0.2) is 6.29 Å². The van der Waals surface area contributed by atoms with Crippen LogP contribution in [0.2, 0.25) is 0 Å². The second-order valence-electron chi connectivity index (χ2n) is 10.8. The van der Waals surface area contributed by atoms with Crippen molar-refractivity contribution in [2.24, 2.45) is 5.41 Å². The number of carbonyl (C=O) groups excluding carboxylic acids is 2. The smallest absolute Gasteiger partial charge is 0.462 e. The van der Waals surface area contributed by atoms with E-state index in [-0.39, 0.29) is 24.3 Å². The Bertz CT molecular complexity index is 1030. The summed E-state index contributed by atoms with van der Waals surface area (Å²) in [4.78, 5) is 24.7. The molecule has 220 valence electrons. The van der Waals surface area contributed by atoms with E-state index >= 15 is 0 Å². The minimum Gasteiger partial charge on any atom is -0.497 e. The average Bonchev–Trinajstić information content (AvgIpc) is 3.38. The molecule has 1 amide bonds. The van der Waals surface area contributed by atoms with Crippen LogP contribution in [-0.4, -0.2) is 95.4 Å². The fraction of sp³-hybridized carbons (Fsp3) is 0.680. The molecule has 2 heterocycles. The predicted octanol–water partition coefficient (Wildman–Crippen LogP) is 1.20. The Labute approximate surface area is 227 Å². The Kier molecular flexibility index (Phi) is 10.4. The first-order chi connectivity index (χ1) is 18.3. The first kappa shape index (κ1) is 31.3. The van der Waals surface area contributed by atoms with Crippen molar-refractivity contribution in [3.8, 4) is 11.5 Å². The number of methoxy groups -OCH3 is 1. The monoisotopic (exact) mass is 574 g/mol. The summed E-state index contributed by atoms with van der Waals surface area (Å²) >= 11 is 0. The Morgan fingerprint density at radius 2 is 1.82 bits per heavy atom. The number of amides is 1. The van der Waals surface area contributed by atoms with E-state index in [1.165, 1.54) is 30.8 Å². The maximum absolute atomic E-state index is 14.6. The number of aliphatic hydroxyl groups is 3. The van der Waals surface area contributed by atoms with Crippen molar-refractivity contribution in [1.29, 1.82) is 0 Å². The molecule has 2 aliphatic rings. The van der Waals surface area contributed by atoms with Crippen LogP contribution < -0.4 is 14.6 Å². The molecule has 1 aromatic rings. The highest BCUT2D eigenvalue weighted by Gasteiger charge is 2.53. The lowest BCUT2D eigenvalue weighted by atomic mass is 9.97. The summed E-state index contributed by atoms with van der Waals surface area (Å²) in [5, 5.41) is 33.6. The Balaban J connectivity index is 1.96. The number of hydrogen-bond acceptors (Lipinski definition) is 11. The summed E-state index contributed by atoms with van der Waals surface area (Å²) < 4.78 is 43.7. The van der Waals surface area contributed by atoms with Gasteiger partial charge in [0.2, 0.25) is 5.91 Å². The summed E-state index contributed by atoms with van der Waals surface area (Å²) in [6.07, 6.45) is -5.38. The molecule has 7 atom stereocenters. The fourth-order valence-electron chi connectivity index (χ4n) is 4.33. The summed E-state index contributed by atoms with van der Waals surface area (Å²) in [5.41, 5.74) is -0.295. The average molecular weight is 575 g/mol. The number of esters is 1. The number of aliphatic hydroxyl groups excluding tert-OH is 3. The molecule has 2 aliphatic heterocycles. The number of carbonyl (C=O) groups is 2. The van der Waals surface area contributed by atoms with Crippen LogP contribution in [0.5, 0.6) is 11.5 Å². The van der Waals surface area contributed by atoms with Gasteiger partial charge in [-0.2, -0.15) is 4.67 Å². The van der Waals surface area contributed by atoms with Gasteiger partial charge < -0.3 is 39.4 Å². The second kappa shape index (κ2) is 12.9. The van der Waals surface area contributed by atoms with Crippen molar-refractivity contribution < 1.29 is 52.7 Å². The summed E-state index contributed by atoms with van der Waals surface area (Å²) in [5.74, 6) is -0.526. The van der Waals surface area contributed by atoms with Crippen LogP contribution >= 0.6 is 7.75 Å². The minimum absolute atomic E-state index is 0.123. The van der Waals surface area contributed by atoms with Gasteiger partial charge in [0.1, 0.15) is 41.9 Å². The number of hydrogen-bond donors (Lipinski definition) is 4. The molecule has 0 bridgehead atoms. The number of rotatable bonds is 10. The molecular formula is C25H39N2O11P. The van der Waals surface area contributed by atoms with Gasteiger partial charge in [0.05, 0.1) is 20.3 Å². The predicted molar refractivity (Wildman–Crippen MR) is 138 cm³/mol. The van der Waals surface area contributed by atoms with Gasteiger partial charge in [-0.3, -0.25) is 14.1 Å². The molecule has 13 nitrogen and oxygen atoms in total. The largest absolute Gasteiger partial charge is 0.497 e. The topological polar surface area (TPSA) is 173 Å². The van der Waals surface area contributed by atoms with E-state index in [2.05, 4.69) is 5.32 Å². The van der Waals surface area contributed by atoms with E-state index < -0.39 is 62.9 Å². The standard InChI is InChI=1S/C25H39N2O11P/c1-15(29)26-20-21(30)22(19(13-28)36-24(20)32)38-39(33,37-17-10-8-16(34-5)9-11-17)27-12-6-7-18(27)23(31)35-14-25(2,3)4/h8-11,18-22,24,28,30,32H,6-7,12-14H2,1-5H3,(H,26,29)/t18?,19-,20-,21-,22-,24+,39?/m1/s1. The third kappa shape index (κ3) is 7.91. The molecule has 3 rings (SSSR count). The molecule has 1 aromatic carbocycles. The molecule has 2 saturated heterocycles. The summed E-state index contributed by atoms with van der Waals surface area (Å²) in [7, 11) is -2.99. The van der Waals surface area contributed by atoms with Gasteiger partial charge in [-0.15, -0.1) is 0 Å². The van der Waals surface area contributed by atoms with E-state index in [1.807, 2.05) is 20.8 Å². The summed E-state index contributed by atoms with van der Waals surface area (Å²) in [6.45, 7) is 6.48. The lowest BCUT2D eigenvalue weighted by Crippen LogP contribution is -2.64. The molecule has 0 saturated carbocycles. The number of ether oxygens (including phenoxy) is 3. The molecule has 0 spiro atoms. The lowest BCUT2D eigenvalue weighted by molar-refractivity contribution is -0.250. The fourth-order valence-corrected chi connectivity index (χ4v) is 6.49. The molecule has 2 fully saturated rings. The number of nitrogens with zero attached hydrogens (tertiary/aromatic N) is 1. The zero-order valence-electron chi connectivity index (χ0n) is 22.8. The number of nitrogens with one attached hydrogen (secondary N) is 1. The first-order valence-electron chi connectivity index (χ1n) is 12.7. The highest BCUT2D eigenvalue weighted by atomic mass is 31.2. The maximum Gasteiger partial charge on any atom is 0.462 e. The van der Waals surface area contributed by atoms with Crippen molar-refractivity contribution in [1.82, 2.24) is 9.99 Å². The van der Waals surface area contributed by atoms with E-state index in [4.69, 9.17) is 23.3 Å². The third-order valence-corrected chi connectivity index (χ3v) is 8.30. The molecule has 4 N–H and O–H groups in total. The van der Waals surface area contributed by atoms with Crippen LogP contribution in [-0.2, 0) is 28.2 Å². The van der Waals surface area contributed by atoms with Gasteiger partial charge in [-0.25, -0.2) is 4.57 Å². The minimum atomic E-state index is -4.48. The van der Waals surface area contributed by atoms with Gasteiger partial charge in [0, 0.05) is 13.5 Å². The van der Waals surface area contributed by atoms with Gasteiger partial charge >= 0.3 is 13.7 Å². The van der Waals surface area contributed by atoms with Crippen LogP contribution in [0.3, 0.4) is 0 Å². The van der Waals surface area contributed by atoms with Crippen LogP contribution in [0.1, 0.15) is 40.5 Å². The molecular weight excluding hydrogens is 535 g/mol. The van der Waals surface area contributed by atoms with Gasteiger partial charge in [0.25, 0.3) is 0 Å². The van der Waals surface area contributed by atoms with Gasteiger partial charge in [-0.05, 0) is 42.5 Å². The summed E-state index contributed by atoms with van der Waals surface area (Å²) in [6, 6.07) is 3.84. The van der Waals surface area contributed by atoms with Gasteiger partial charge in [-0.1, -0.05) is 20.8 Å². The van der Waals surface area contributed by atoms with E-state index in [0.29, 0.717) is 18.6 Å². The van der Waals surface area contributed by atoms with Crippen molar-refractivity contribution >= 4 is 19.6 Å². The van der Waals surface area contributed by atoms with E-state index in [9.17, 15) is 29.5 Å². The molecule has 0 aromatic heterocycles. The first-order valence-corrected chi connectivity index (χ1v) is 14.2. The Morgan fingerprint density at radius 3 is 2.38 bits per heavy atom. The normalized spacial score (nSPS) is 29.3. The van der Waals surface area contributed by atoms with Crippen molar-refractivity contribution in [2.75, 3.05) is 26.9 Å². The quantitative estimate of drug-likeness (QED) is 0.233. The Hall–Kier alpha value is -2.25. The SMILES string of the molecule is COc1ccc(OP(=O)(O[C@H]2[C@H](O)[C@@H](NC(C)=O)[C@@H](O)O[C@@H]2CO)N2CCCC2C(=O)OCC(C)(C)C)cc1. The molecule has 39 heavy (non-hydrogen) atoms. The number of benzene rings is 1. The maximum atomic E-state index is 14.6. The van der Waals surface area contributed by atoms with Crippen molar-refractivity contribution in [3.63, 3.8) is 0 Å². The van der Waals surface area contributed by atoms with E-state index in [1.54, 1.807) is 12.1 Å².